The van der Waals surface area contributed by atoms with Crippen molar-refractivity contribution in [3.05, 3.63) is 50.7 Å². The molecule has 3 rings (SSSR count). The highest BCUT2D eigenvalue weighted by molar-refractivity contribution is 7.98. The van der Waals surface area contributed by atoms with Crippen LogP contribution < -0.4 is 5.63 Å². The second-order valence-corrected chi connectivity index (χ2v) is 7.27. The van der Waals surface area contributed by atoms with Crippen LogP contribution in [-0.4, -0.2) is 16.5 Å². The zero-order chi connectivity index (χ0) is 17.1. The van der Waals surface area contributed by atoms with Crippen LogP contribution in [0, 0.1) is 0 Å². The molecule has 0 N–H and O–H groups in total. The number of nitrogens with zero attached hydrogens (tertiary/aromatic N) is 2. The van der Waals surface area contributed by atoms with E-state index in [9.17, 15) is 4.79 Å². The highest BCUT2D eigenvalue weighted by Crippen LogP contribution is 2.30. The fraction of sp³-hybridized carbons (Fsp3) is 0.312. The first-order valence-electron chi connectivity index (χ1n) is 7.30. The van der Waals surface area contributed by atoms with Crippen molar-refractivity contribution in [1.29, 1.82) is 0 Å². The minimum absolute atomic E-state index is 0.379. The highest BCUT2D eigenvalue weighted by atomic mass is 35.5. The van der Waals surface area contributed by atoms with Crippen LogP contribution in [0.2, 0.25) is 5.02 Å². The monoisotopic (exact) mass is 382 g/mol. The molecule has 3 aromatic rings. The Hall–Kier alpha value is -1.44. The van der Waals surface area contributed by atoms with Gasteiger partial charge in [-0.3, -0.25) is 0 Å². The lowest BCUT2D eigenvalue weighted by molar-refractivity contribution is 0.426. The molecule has 0 amide bonds. The predicted molar refractivity (Wildman–Crippen MR) is 98.0 cm³/mol. The number of rotatable bonds is 6. The van der Waals surface area contributed by atoms with Crippen LogP contribution in [0.3, 0.4) is 0 Å². The van der Waals surface area contributed by atoms with E-state index in [1.165, 1.54) is 17.8 Å². The molecule has 2 aromatic heterocycles. The molecule has 0 radical (unpaired) electrons. The van der Waals surface area contributed by atoms with Gasteiger partial charge in [-0.25, -0.2) is 4.79 Å². The van der Waals surface area contributed by atoms with Crippen molar-refractivity contribution in [2.45, 2.75) is 30.1 Å². The van der Waals surface area contributed by atoms with E-state index in [4.69, 9.17) is 20.4 Å². The van der Waals surface area contributed by atoms with Gasteiger partial charge in [-0.15, -0.1) is 10.2 Å². The summed E-state index contributed by atoms with van der Waals surface area (Å²) in [6.07, 6.45) is 2.75. The zero-order valence-electron chi connectivity index (χ0n) is 13.2. The van der Waals surface area contributed by atoms with E-state index in [2.05, 4.69) is 10.2 Å². The van der Waals surface area contributed by atoms with Crippen LogP contribution in [0.1, 0.15) is 23.9 Å². The van der Waals surface area contributed by atoms with Gasteiger partial charge in [-0.2, -0.15) is 11.8 Å². The summed E-state index contributed by atoms with van der Waals surface area (Å²) in [7, 11) is 0. The summed E-state index contributed by atoms with van der Waals surface area (Å²) in [5.74, 6) is 1.80. The predicted octanol–water partition coefficient (Wildman–Crippen LogP) is 4.55. The standard InChI is InChI=1S/C16H15ClN2O3S2/c1-3-9-4-13-11(6-12(9)17)10(5-15(20)21-13)7-24-16-19-18-14(22-16)8-23-2/h4-6H,3,7-8H2,1-2H3. The minimum Gasteiger partial charge on any atom is -0.423 e. The summed E-state index contributed by atoms with van der Waals surface area (Å²) in [5, 5.41) is 9.96. The first-order valence-corrected chi connectivity index (χ1v) is 10.1. The largest absolute Gasteiger partial charge is 0.423 e. The molecule has 0 bridgehead atoms. The van der Waals surface area contributed by atoms with Gasteiger partial charge in [-0.1, -0.05) is 30.3 Å². The first-order chi connectivity index (χ1) is 11.6. The maximum Gasteiger partial charge on any atom is 0.336 e. The van der Waals surface area contributed by atoms with Gasteiger partial charge in [0.15, 0.2) is 0 Å². The van der Waals surface area contributed by atoms with Gasteiger partial charge in [0.1, 0.15) is 5.58 Å². The number of hydrogen-bond acceptors (Lipinski definition) is 7. The minimum atomic E-state index is -0.379. The number of fused-ring (bicyclic) bond motifs is 1. The number of hydrogen-bond donors (Lipinski definition) is 0. The Labute approximate surface area is 152 Å². The van der Waals surface area contributed by atoms with Crippen LogP contribution >= 0.6 is 35.1 Å². The maximum atomic E-state index is 11.8. The van der Waals surface area contributed by atoms with E-state index >= 15 is 0 Å². The second-order valence-electron chi connectivity index (χ2n) is 5.07. The number of aromatic nitrogens is 2. The van der Waals surface area contributed by atoms with Crippen LogP contribution in [-0.2, 0) is 17.9 Å². The fourth-order valence-electron chi connectivity index (χ4n) is 2.30. The molecule has 0 aliphatic rings. The van der Waals surface area contributed by atoms with Gasteiger partial charge in [-0.05, 0) is 35.9 Å². The van der Waals surface area contributed by atoms with E-state index in [1.54, 1.807) is 11.8 Å². The van der Waals surface area contributed by atoms with Crippen molar-refractivity contribution in [3.63, 3.8) is 0 Å². The summed E-state index contributed by atoms with van der Waals surface area (Å²) in [6.45, 7) is 2.01. The normalized spacial score (nSPS) is 11.3. The number of benzene rings is 1. The third-order valence-electron chi connectivity index (χ3n) is 3.45. The Morgan fingerprint density at radius 2 is 1.96 bits per heavy atom. The average molecular weight is 383 g/mol. The molecule has 0 saturated carbocycles. The number of thioether (sulfide) groups is 2. The smallest absolute Gasteiger partial charge is 0.336 e. The molecule has 0 aliphatic heterocycles. The van der Waals surface area contributed by atoms with Crippen molar-refractivity contribution < 1.29 is 8.83 Å². The molecular weight excluding hydrogens is 368 g/mol. The molecule has 2 heterocycles. The van der Waals surface area contributed by atoms with Crippen molar-refractivity contribution >= 4 is 46.1 Å². The van der Waals surface area contributed by atoms with Crippen molar-refractivity contribution in [2.75, 3.05) is 6.26 Å². The molecule has 126 valence electrons. The number of halogens is 1. The molecule has 0 aliphatic carbocycles. The van der Waals surface area contributed by atoms with Gasteiger partial charge in [0.2, 0.25) is 5.89 Å². The Kier molecular flexibility index (Phi) is 5.53. The van der Waals surface area contributed by atoms with E-state index in [1.807, 2.05) is 25.3 Å². The highest BCUT2D eigenvalue weighted by Gasteiger charge is 2.12. The summed E-state index contributed by atoms with van der Waals surface area (Å²) in [5.41, 5.74) is 1.96. The molecular formula is C16H15ClN2O3S2. The Balaban J connectivity index is 1.90. The van der Waals surface area contributed by atoms with E-state index in [-0.39, 0.29) is 5.63 Å². The van der Waals surface area contributed by atoms with Crippen LogP contribution in [0.25, 0.3) is 11.0 Å². The van der Waals surface area contributed by atoms with E-state index in [0.717, 1.165) is 22.9 Å². The third kappa shape index (κ3) is 3.79. The lowest BCUT2D eigenvalue weighted by Gasteiger charge is -2.07. The zero-order valence-corrected chi connectivity index (χ0v) is 15.6. The molecule has 0 atom stereocenters. The van der Waals surface area contributed by atoms with E-state index < -0.39 is 0 Å². The Bertz CT molecular complexity index is 923. The van der Waals surface area contributed by atoms with Gasteiger partial charge in [0, 0.05) is 22.2 Å². The topological polar surface area (TPSA) is 69.1 Å². The summed E-state index contributed by atoms with van der Waals surface area (Å²) < 4.78 is 10.9. The molecule has 1 aromatic carbocycles. The summed E-state index contributed by atoms with van der Waals surface area (Å²) in [4.78, 5) is 11.8. The van der Waals surface area contributed by atoms with Crippen LogP contribution in [0.4, 0.5) is 0 Å². The molecule has 0 spiro atoms. The molecule has 0 fully saturated rings. The SMILES string of the molecule is CCc1cc2oc(=O)cc(CSc3nnc(CSC)o3)c2cc1Cl. The van der Waals surface area contributed by atoms with Crippen molar-refractivity contribution in [2.24, 2.45) is 0 Å². The Morgan fingerprint density at radius 3 is 2.71 bits per heavy atom. The van der Waals surface area contributed by atoms with Crippen LogP contribution in [0.5, 0.6) is 0 Å². The summed E-state index contributed by atoms with van der Waals surface area (Å²) >= 11 is 9.30. The first kappa shape index (κ1) is 17.4. The molecule has 8 heteroatoms. The van der Waals surface area contributed by atoms with Gasteiger partial charge in [0.25, 0.3) is 5.22 Å². The third-order valence-corrected chi connectivity index (χ3v) is 5.20. The van der Waals surface area contributed by atoms with Crippen LogP contribution in [0.15, 0.2) is 37.1 Å². The molecule has 0 unspecified atom stereocenters. The maximum absolute atomic E-state index is 11.8. The molecule has 5 nitrogen and oxygen atoms in total. The van der Waals surface area contributed by atoms with Gasteiger partial charge < -0.3 is 8.83 Å². The Morgan fingerprint density at radius 1 is 1.12 bits per heavy atom. The van der Waals surface area contributed by atoms with Gasteiger partial charge in [0.05, 0.1) is 5.75 Å². The lowest BCUT2D eigenvalue weighted by Crippen LogP contribution is -2.00. The van der Waals surface area contributed by atoms with Gasteiger partial charge >= 0.3 is 5.63 Å². The lowest BCUT2D eigenvalue weighted by atomic mass is 10.1. The summed E-state index contributed by atoms with van der Waals surface area (Å²) in [6, 6.07) is 5.16. The molecule has 0 saturated heterocycles. The number of aryl methyl sites for hydroxylation is 1. The average Bonchev–Trinajstić information content (AvgIpc) is 3.00. The van der Waals surface area contributed by atoms with Crippen molar-refractivity contribution in [3.8, 4) is 0 Å². The second kappa shape index (κ2) is 7.63. The fourth-order valence-corrected chi connectivity index (χ4v) is 3.73. The van der Waals surface area contributed by atoms with Crippen molar-refractivity contribution in [1.82, 2.24) is 10.2 Å². The molecule has 24 heavy (non-hydrogen) atoms. The van der Waals surface area contributed by atoms with E-state index in [0.29, 0.717) is 33.2 Å². The quantitative estimate of drug-likeness (QED) is 0.457.